The number of nitrogens with zero attached hydrogens (tertiary/aromatic N) is 2. The average molecular weight is 293 g/mol. The summed E-state index contributed by atoms with van der Waals surface area (Å²) < 4.78 is 0. The van der Waals surface area contributed by atoms with Crippen LogP contribution in [0.3, 0.4) is 0 Å². The molecule has 1 amide bonds. The lowest BCUT2D eigenvalue weighted by Gasteiger charge is -1.99. The number of hydrogen-bond acceptors (Lipinski definition) is 6. The van der Waals surface area contributed by atoms with Gasteiger partial charge in [-0.1, -0.05) is 11.8 Å². The summed E-state index contributed by atoms with van der Waals surface area (Å²) in [6, 6.07) is 3.73. The molecule has 0 unspecified atom stereocenters. The average Bonchev–Trinajstić information content (AvgIpc) is 2.86. The van der Waals surface area contributed by atoms with E-state index in [1.54, 1.807) is 12.4 Å². The predicted molar refractivity (Wildman–Crippen MR) is 77.1 cm³/mol. The van der Waals surface area contributed by atoms with Crippen molar-refractivity contribution in [3.63, 3.8) is 0 Å². The number of thiazole rings is 1. The molecule has 98 valence electrons. The van der Waals surface area contributed by atoms with Crippen molar-refractivity contribution in [3.8, 4) is 11.3 Å². The number of anilines is 1. The highest BCUT2D eigenvalue weighted by atomic mass is 32.2. The van der Waals surface area contributed by atoms with Crippen LogP contribution in [0.4, 0.5) is 5.13 Å². The molecular weight excluding hydrogens is 282 g/mol. The molecule has 0 bridgehead atoms. The van der Waals surface area contributed by atoms with Gasteiger partial charge < -0.3 is 5.32 Å². The van der Waals surface area contributed by atoms with E-state index in [0.29, 0.717) is 5.13 Å². The van der Waals surface area contributed by atoms with Gasteiger partial charge in [0.25, 0.3) is 0 Å². The van der Waals surface area contributed by atoms with E-state index in [-0.39, 0.29) is 16.8 Å². The number of aromatic nitrogens is 2. The van der Waals surface area contributed by atoms with Crippen molar-refractivity contribution in [1.29, 1.82) is 0 Å². The van der Waals surface area contributed by atoms with Gasteiger partial charge in [-0.2, -0.15) is 0 Å². The van der Waals surface area contributed by atoms with Crippen LogP contribution >= 0.6 is 23.1 Å². The van der Waals surface area contributed by atoms with Gasteiger partial charge in [0.1, 0.15) is 0 Å². The van der Waals surface area contributed by atoms with Gasteiger partial charge in [-0.25, -0.2) is 4.98 Å². The van der Waals surface area contributed by atoms with Crippen molar-refractivity contribution < 1.29 is 9.59 Å². The quantitative estimate of drug-likeness (QED) is 0.937. The summed E-state index contributed by atoms with van der Waals surface area (Å²) in [7, 11) is 0. The molecule has 0 aliphatic carbocycles. The molecule has 0 fully saturated rings. The summed E-state index contributed by atoms with van der Waals surface area (Å²) in [5, 5.41) is 4.96. The Kier molecular flexibility index (Phi) is 4.64. The monoisotopic (exact) mass is 293 g/mol. The second-order valence-electron chi connectivity index (χ2n) is 3.61. The third kappa shape index (κ3) is 4.15. The Balaban J connectivity index is 1.98. The fourth-order valence-corrected chi connectivity index (χ4v) is 2.44. The van der Waals surface area contributed by atoms with Gasteiger partial charge >= 0.3 is 0 Å². The van der Waals surface area contributed by atoms with Crippen molar-refractivity contribution in [1.82, 2.24) is 9.97 Å². The molecule has 0 saturated carbocycles. The number of amides is 1. The van der Waals surface area contributed by atoms with Gasteiger partial charge in [-0.05, 0) is 12.1 Å². The van der Waals surface area contributed by atoms with Crippen LogP contribution < -0.4 is 5.32 Å². The van der Waals surface area contributed by atoms with Crippen LogP contribution in [-0.2, 0) is 9.59 Å². The first kappa shape index (κ1) is 13.7. The van der Waals surface area contributed by atoms with Crippen LogP contribution in [0.5, 0.6) is 0 Å². The number of rotatable bonds is 4. The molecule has 0 saturated heterocycles. The van der Waals surface area contributed by atoms with Gasteiger partial charge in [-0.3, -0.25) is 14.6 Å². The van der Waals surface area contributed by atoms with E-state index >= 15 is 0 Å². The summed E-state index contributed by atoms with van der Waals surface area (Å²) in [5.74, 6) is -0.121. The van der Waals surface area contributed by atoms with E-state index in [0.717, 1.165) is 23.0 Å². The Morgan fingerprint density at radius 3 is 3.00 bits per heavy atom. The third-order valence-electron chi connectivity index (χ3n) is 2.11. The molecule has 2 aromatic heterocycles. The van der Waals surface area contributed by atoms with Crippen LogP contribution in [0.15, 0.2) is 29.9 Å². The van der Waals surface area contributed by atoms with E-state index in [1.165, 1.54) is 18.3 Å². The number of nitrogens with one attached hydrogen (secondary N) is 1. The van der Waals surface area contributed by atoms with Crippen molar-refractivity contribution in [2.45, 2.75) is 6.92 Å². The Bertz CT molecular complexity index is 584. The Hall–Kier alpha value is -1.73. The van der Waals surface area contributed by atoms with E-state index in [1.807, 2.05) is 17.5 Å². The number of hydrogen-bond donors (Lipinski definition) is 1. The van der Waals surface area contributed by atoms with Gasteiger partial charge in [-0.15, -0.1) is 11.3 Å². The Morgan fingerprint density at radius 2 is 2.32 bits per heavy atom. The standard InChI is InChI=1S/C12H11N3O2S2/c1-8(16)18-7-11(17)15-12-14-10(6-19-12)9-3-2-4-13-5-9/h2-6H,7H2,1H3,(H,14,15,17). The highest BCUT2D eigenvalue weighted by Gasteiger charge is 2.09. The third-order valence-corrected chi connectivity index (χ3v) is 3.69. The maximum absolute atomic E-state index is 11.5. The van der Waals surface area contributed by atoms with Gasteiger partial charge in [0.2, 0.25) is 5.91 Å². The topological polar surface area (TPSA) is 72.0 Å². The normalized spacial score (nSPS) is 10.2. The smallest absolute Gasteiger partial charge is 0.236 e. The molecule has 1 N–H and O–H groups in total. The molecule has 0 spiro atoms. The predicted octanol–water partition coefficient (Wildman–Crippen LogP) is 2.42. The van der Waals surface area contributed by atoms with Crippen molar-refractivity contribution >= 4 is 39.3 Å². The second kappa shape index (κ2) is 6.44. The molecule has 2 heterocycles. The highest BCUT2D eigenvalue weighted by molar-refractivity contribution is 8.14. The molecule has 0 radical (unpaired) electrons. The van der Waals surface area contributed by atoms with Crippen molar-refractivity contribution in [3.05, 3.63) is 29.9 Å². The molecule has 19 heavy (non-hydrogen) atoms. The molecule has 2 aromatic rings. The highest BCUT2D eigenvalue weighted by Crippen LogP contribution is 2.24. The largest absolute Gasteiger partial charge is 0.301 e. The van der Waals surface area contributed by atoms with E-state index in [4.69, 9.17) is 0 Å². The summed E-state index contributed by atoms with van der Waals surface area (Å²) in [6.07, 6.45) is 3.41. The minimum absolute atomic E-state index is 0.0784. The van der Waals surface area contributed by atoms with Crippen LogP contribution in [0.2, 0.25) is 0 Å². The van der Waals surface area contributed by atoms with E-state index < -0.39 is 0 Å². The maximum atomic E-state index is 11.5. The minimum Gasteiger partial charge on any atom is -0.301 e. The first-order valence-electron chi connectivity index (χ1n) is 5.44. The zero-order chi connectivity index (χ0) is 13.7. The van der Waals surface area contributed by atoms with E-state index in [9.17, 15) is 9.59 Å². The number of carbonyl (C=O) groups is 2. The van der Waals surface area contributed by atoms with Crippen LogP contribution in [0.1, 0.15) is 6.92 Å². The zero-order valence-electron chi connectivity index (χ0n) is 10.1. The fourth-order valence-electron chi connectivity index (χ4n) is 1.30. The Labute approximate surface area is 118 Å². The lowest BCUT2D eigenvalue weighted by Crippen LogP contribution is -2.14. The van der Waals surface area contributed by atoms with E-state index in [2.05, 4.69) is 15.3 Å². The van der Waals surface area contributed by atoms with Gasteiger partial charge in [0.15, 0.2) is 10.2 Å². The SMILES string of the molecule is CC(=O)SCC(=O)Nc1nc(-c2cccnc2)cs1. The summed E-state index contributed by atoms with van der Waals surface area (Å²) >= 11 is 2.32. The maximum Gasteiger partial charge on any atom is 0.236 e. The van der Waals surface area contributed by atoms with Gasteiger partial charge in [0.05, 0.1) is 11.4 Å². The number of thioether (sulfide) groups is 1. The zero-order valence-corrected chi connectivity index (χ0v) is 11.8. The van der Waals surface area contributed by atoms with Gasteiger partial charge in [0, 0.05) is 30.3 Å². The molecule has 0 aliphatic heterocycles. The summed E-state index contributed by atoms with van der Waals surface area (Å²) in [5.41, 5.74) is 1.67. The lowest BCUT2D eigenvalue weighted by atomic mass is 10.2. The summed E-state index contributed by atoms with van der Waals surface area (Å²) in [6.45, 7) is 1.43. The second-order valence-corrected chi connectivity index (χ2v) is 5.62. The van der Waals surface area contributed by atoms with Crippen LogP contribution in [0.25, 0.3) is 11.3 Å². The van der Waals surface area contributed by atoms with Crippen LogP contribution in [-0.4, -0.2) is 26.7 Å². The molecule has 0 aliphatic rings. The molecule has 0 atom stereocenters. The molecule has 5 nitrogen and oxygen atoms in total. The first-order valence-corrected chi connectivity index (χ1v) is 7.31. The van der Waals surface area contributed by atoms with Crippen LogP contribution in [0, 0.1) is 0 Å². The molecule has 0 aromatic carbocycles. The Morgan fingerprint density at radius 1 is 1.47 bits per heavy atom. The van der Waals surface area contributed by atoms with Crippen molar-refractivity contribution in [2.75, 3.05) is 11.1 Å². The number of carbonyl (C=O) groups excluding carboxylic acids is 2. The molecular formula is C12H11N3O2S2. The fraction of sp³-hybridized carbons (Fsp3) is 0.167. The van der Waals surface area contributed by atoms with Crippen molar-refractivity contribution in [2.24, 2.45) is 0 Å². The number of pyridine rings is 1. The molecule has 7 heteroatoms. The first-order chi connectivity index (χ1) is 9.15. The molecule has 2 rings (SSSR count). The summed E-state index contributed by atoms with van der Waals surface area (Å²) in [4.78, 5) is 30.6. The lowest BCUT2D eigenvalue weighted by molar-refractivity contribution is -0.114. The minimum atomic E-state index is -0.229.